The largest absolute Gasteiger partial charge is 0.352 e. The second kappa shape index (κ2) is 9.48. The van der Waals surface area contributed by atoms with Gasteiger partial charge in [0.05, 0.1) is 12.2 Å². The van der Waals surface area contributed by atoms with Gasteiger partial charge in [0.15, 0.2) is 0 Å². The molecule has 0 unspecified atom stereocenters. The van der Waals surface area contributed by atoms with Gasteiger partial charge < -0.3 is 5.32 Å². The highest BCUT2D eigenvalue weighted by molar-refractivity contribution is 5.91. The first-order valence-electron chi connectivity index (χ1n) is 10.6. The Morgan fingerprint density at radius 1 is 0.848 bits per heavy atom. The second-order valence-electron chi connectivity index (χ2n) is 7.86. The lowest BCUT2D eigenvalue weighted by Gasteiger charge is -2.13. The van der Waals surface area contributed by atoms with Crippen LogP contribution < -0.4 is 16.6 Å². The van der Waals surface area contributed by atoms with Crippen LogP contribution in [0.2, 0.25) is 0 Å². The number of aromatic nitrogens is 3. The molecular weight excluding hydrogens is 416 g/mol. The number of nitrogens with one attached hydrogen (secondary N) is 1. The summed E-state index contributed by atoms with van der Waals surface area (Å²) in [6.45, 7) is 4.17. The van der Waals surface area contributed by atoms with Crippen molar-refractivity contribution < 1.29 is 4.79 Å². The number of carbonyl (C=O) groups excluding carboxylic acids is 1. The molecule has 0 fully saturated rings. The van der Waals surface area contributed by atoms with E-state index >= 15 is 0 Å². The normalized spacial score (nSPS) is 10.7. The van der Waals surface area contributed by atoms with E-state index in [4.69, 9.17) is 0 Å². The number of rotatable bonds is 6. The molecule has 0 saturated heterocycles. The molecule has 0 atom stereocenters. The maximum atomic E-state index is 13.3. The number of carbonyl (C=O) groups is 1. The Morgan fingerprint density at radius 3 is 2.12 bits per heavy atom. The monoisotopic (exact) mass is 440 g/mol. The first-order chi connectivity index (χ1) is 15.9. The van der Waals surface area contributed by atoms with Crippen LogP contribution in [0.3, 0.4) is 0 Å². The van der Waals surface area contributed by atoms with E-state index in [-0.39, 0.29) is 18.8 Å². The molecule has 0 bridgehead atoms. The van der Waals surface area contributed by atoms with Gasteiger partial charge in [-0.2, -0.15) is 9.78 Å². The minimum Gasteiger partial charge on any atom is -0.346 e. The van der Waals surface area contributed by atoms with E-state index in [1.165, 1.54) is 0 Å². The van der Waals surface area contributed by atoms with Gasteiger partial charge in [0.2, 0.25) is 5.69 Å². The summed E-state index contributed by atoms with van der Waals surface area (Å²) in [4.78, 5) is 39.4. The number of aryl methyl sites for hydroxylation is 2. The molecule has 0 saturated carbocycles. The minimum absolute atomic E-state index is 0.0326. The predicted molar refractivity (Wildman–Crippen MR) is 127 cm³/mol. The first-order valence-corrected chi connectivity index (χ1v) is 10.6. The van der Waals surface area contributed by atoms with E-state index < -0.39 is 17.2 Å². The molecule has 166 valence electrons. The number of hydrogen-bond donors (Lipinski definition) is 1. The van der Waals surface area contributed by atoms with E-state index in [0.29, 0.717) is 5.69 Å². The van der Waals surface area contributed by atoms with E-state index in [0.717, 1.165) is 31.5 Å². The van der Waals surface area contributed by atoms with Crippen molar-refractivity contribution in [1.29, 1.82) is 0 Å². The molecule has 33 heavy (non-hydrogen) atoms. The molecular formula is C26H24N4O3. The average molecular weight is 441 g/mol. The van der Waals surface area contributed by atoms with Gasteiger partial charge in [-0.3, -0.25) is 14.2 Å². The third kappa shape index (κ3) is 4.82. The summed E-state index contributed by atoms with van der Waals surface area (Å²) < 4.78 is 2.17. The topological polar surface area (TPSA) is 86.0 Å². The first kappa shape index (κ1) is 22.0. The maximum absolute atomic E-state index is 13.3. The van der Waals surface area contributed by atoms with Gasteiger partial charge in [-0.1, -0.05) is 66.7 Å². The van der Waals surface area contributed by atoms with Crippen LogP contribution >= 0.6 is 0 Å². The van der Waals surface area contributed by atoms with Gasteiger partial charge in [-0.25, -0.2) is 4.79 Å². The zero-order valence-corrected chi connectivity index (χ0v) is 18.5. The van der Waals surface area contributed by atoms with Crippen LogP contribution in [-0.4, -0.2) is 20.3 Å². The van der Waals surface area contributed by atoms with Gasteiger partial charge in [0.25, 0.3) is 11.5 Å². The Kier molecular flexibility index (Phi) is 6.31. The predicted octanol–water partition coefficient (Wildman–Crippen LogP) is 2.99. The van der Waals surface area contributed by atoms with Gasteiger partial charge >= 0.3 is 5.69 Å². The molecule has 0 radical (unpaired) electrons. The van der Waals surface area contributed by atoms with Crippen LogP contribution in [0, 0.1) is 13.8 Å². The maximum Gasteiger partial charge on any atom is 0.352 e. The van der Waals surface area contributed by atoms with Gasteiger partial charge in [0, 0.05) is 6.54 Å². The quantitative estimate of drug-likeness (QED) is 0.499. The van der Waals surface area contributed by atoms with Crippen LogP contribution in [0.5, 0.6) is 0 Å². The van der Waals surface area contributed by atoms with Crippen LogP contribution in [0.15, 0.2) is 88.5 Å². The zero-order chi connectivity index (χ0) is 23.4. The fourth-order valence-corrected chi connectivity index (χ4v) is 3.45. The Bertz CT molecular complexity index is 1410. The standard InChI is InChI=1S/C26H24N4O3/c1-18-13-14-22(15-19(18)2)30-26(33)29(17-21-11-7-4-8-12-21)25(32)23(28-30)24(31)27-16-20-9-5-3-6-10-20/h3-15H,16-17H2,1-2H3,(H,27,31). The second-order valence-corrected chi connectivity index (χ2v) is 7.86. The summed E-state index contributed by atoms with van der Waals surface area (Å²) in [5.74, 6) is -0.636. The number of nitrogens with zero attached hydrogens (tertiary/aromatic N) is 3. The van der Waals surface area contributed by atoms with Crippen molar-refractivity contribution in [2.75, 3.05) is 0 Å². The Morgan fingerprint density at radius 2 is 1.48 bits per heavy atom. The molecule has 4 rings (SSSR count). The molecule has 4 aromatic rings. The van der Waals surface area contributed by atoms with E-state index in [1.807, 2.05) is 86.6 Å². The minimum atomic E-state index is -0.727. The Labute approximate surface area is 191 Å². The molecule has 0 aliphatic heterocycles. The molecule has 1 heterocycles. The van der Waals surface area contributed by atoms with E-state index in [9.17, 15) is 14.4 Å². The van der Waals surface area contributed by atoms with Crippen molar-refractivity contribution in [3.05, 3.63) is 128 Å². The van der Waals surface area contributed by atoms with Crippen LogP contribution in [0.1, 0.15) is 32.7 Å². The molecule has 7 nitrogen and oxygen atoms in total. The number of hydrogen-bond acceptors (Lipinski definition) is 4. The van der Waals surface area contributed by atoms with E-state index in [2.05, 4.69) is 10.4 Å². The highest BCUT2D eigenvalue weighted by Gasteiger charge is 2.20. The summed E-state index contributed by atoms with van der Waals surface area (Å²) in [6, 6.07) is 24.0. The SMILES string of the molecule is Cc1ccc(-n2nc(C(=O)NCc3ccccc3)c(=O)n(Cc3ccccc3)c2=O)cc1C. The highest BCUT2D eigenvalue weighted by atomic mass is 16.2. The fourth-order valence-electron chi connectivity index (χ4n) is 3.45. The van der Waals surface area contributed by atoms with Crippen molar-refractivity contribution in [3.8, 4) is 5.69 Å². The van der Waals surface area contributed by atoms with Crippen molar-refractivity contribution in [1.82, 2.24) is 19.7 Å². The van der Waals surface area contributed by atoms with Crippen LogP contribution in [0.25, 0.3) is 5.69 Å². The molecule has 1 aromatic heterocycles. The highest BCUT2D eigenvalue weighted by Crippen LogP contribution is 2.12. The zero-order valence-electron chi connectivity index (χ0n) is 18.5. The summed E-state index contributed by atoms with van der Waals surface area (Å²) in [6.07, 6.45) is 0. The van der Waals surface area contributed by atoms with E-state index in [1.54, 1.807) is 6.07 Å². The van der Waals surface area contributed by atoms with Crippen LogP contribution in [-0.2, 0) is 13.1 Å². The molecule has 0 spiro atoms. The Hall–Kier alpha value is -4.26. The molecule has 1 amide bonds. The molecule has 1 N–H and O–H groups in total. The summed E-state index contributed by atoms with van der Waals surface area (Å²) >= 11 is 0. The van der Waals surface area contributed by atoms with Gasteiger partial charge in [-0.05, 0) is 48.2 Å². The summed E-state index contributed by atoms with van der Waals surface area (Å²) in [5.41, 5.74) is 2.51. The lowest BCUT2D eigenvalue weighted by atomic mass is 10.1. The summed E-state index contributed by atoms with van der Waals surface area (Å²) in [7, 11) is 0. The molecule has 0 aliphatic carbocycles. The Balaban J connectivity index is 1.80. The summed E-state index contributed by atoms with van der Waals surface area (Å²) in [5, 5.41) is 6.92. The number of benzene rings is 3. The average Bonchev–Trinajstić information content (AvgIpc) is 2.83. The fraction of sp³-hybridized carbons (Fsp3) is 0.154. The smallest absolute Gasteiger partial charge is 0.346 e. The third-order valence-electron chi connectivity index (χ3n) is 5.49. The van der Waals surface area contributed by atoms with Crippen molar-refractivity contribution in [2.24, 2.45) is 0 Å². The van der Waals surface area contributed by atoms with Crippen molar-refractivity contribution >= 4 is 5.91 Å². The molecule has 0 aliphatic rings. The van der Waals surface area contributed by atoms with Gasteiger partial charge in [0.1, 0.15) is 0 Å². The third-order valence-corrected chi connectivity index (χ3v) is 5.49. The van der Waals surface area contributed by atoms with Gasteiger partial charge in [-0.15, -0.1) is 0 Å². The number of amides is 1. The molecule has 3 aromatic carbocycles. The lowest BCUT2D eigenvalue weighted by Crippen LogP contribution is -2.46. The molecule has 7 heteroatoms. The van der Waals surface area contributed by atoms with Crippen molar-refractivity contribution in [2.45, 2.75) is 26.9 Å². The van der Waals surface area contributed by atoms with Crippen molar-refractivity contribution in [3.63, 3.8) is 0 Å². The lowest BCUT2D eigenvalue weighted by molar-refractivity contribution is 0.0941. The van der Waals surface area contributed by atoms with Crippen LogP contribution in [0.4, 0.5) is 0 Å².